The zero-order valence-electron chi connectivity index (χ0n) is 13.9. The van der Waals surface area contributed by atoms with Gasteiger partial charge in [0.25, 0.3) is 11.8 Å². The van der Waals surface area contributed by atoms with Crippen molar-refractivity contribution in [2.75, 3.05) is 5.32 Å². The first-order valence-corrected chi connectivity index (χ1v) is 8.51. The van der Waals surface area contributed by atoms with Gasteiger partial charge >= 0.3 is 0 Å². The molecular formula is C18H13F2N3O3S. The molecule has 0 saturated heterocycles. The van der Waals surface area contributed by atoms with Gasteiger partial charge in [-0.05, 0) is 24.3 Å². The summed E-state index contributed by atoms with van der Waals surface area (Å²) in [7, 11) is 1.73. The number of anilines is 1. The fourth-order valence-corrected chi connectivity index (χ4v) is 2.99. The SMILES string of the molecule is Cn1ccsc1=NC(=O)c1ccc(NC(=O)c2cc(F)cc(F)c2)cc1O. The van der Waals surface area contributed by atoms with E-state index in [1.807, 2.05) is 0 Å². The lowest BCUT2D eigenvalue weighted by molar-refractivity contribution is 0.0993. The highest BCUT2D eigenvalue weighted by atomic mass is 32.1. The zero-order valence-corrected chi connectivity index (χ0v) is 14.8. The Labute approximate surface area is 156 Å². The second-order valence-electron chi connectivity index (χ2n) is 5.56. The summed E-state index contributed by atoms with van der Waals surface area (Å²) in [5, 5.41) is 14.2. The van der Waals surface area contributed by atoms with Gasteiger partial charge in [-0.15, -0.1) is 11.3 Å². The van der Waals surface area contributed by atoms with Crippen LogP contribution in [0.1, 0.15) is 20.7 Å². The van der Waals surface area contributed by atoms with Gasteiger partial charge in [0, 0.05) is 42.0 Å². The summed E-state index contributed by atoms with van der Waals surface area (Å²) in [5.41, 5.74) is -0.106. The Hall–Kier alpha value is -3.33. The van der Waals surface area contributed by atoms with Crippen molar-refractivity contribution in [2.24, 2.45) is 12.0 Å². The summed E-state index contributed by atoms with van der Waals surface area (Å²) in [6.07, 6.45) is 1.74. The zero-order chi connectivity index (χ0) is 19.6. The van der Waals surface area contributed by atoms with Gasteiger partial charge in [-0.2, -0.15) is 4.99 Å². The summed E-state index contributed by atoms with van der Waals surface area (Å²) in [4.78, 5) is 28.7. The Balaban J connectivity index is 1.81. The highest BCUT2D eigenvalue weighted by Gasteiger charge is 2.14. The van der Waals surface area contributed by atoms with Gasteiger partial charge in [-0.1, -0.05) is 0 Å². The van der Waals surface area contributed by atoms with Crippen LogP contribution in [-0.2, 0) is 7.05 Å². The van der Waals surface area contributed by atoms with Gasteiger partial charge in [-0.3, -0.25) is 9.59 Å². The van der Waals surface area contributed by atoms with Crippen LogP contribution < -0.4 is 10.1 Å². The van der Waals surface area contributed by atoms with Crippen LogP contribution in [-0.4, -0.2) is 21.5 Å². The molecule has 27 heavy (non-hydrogen) atoms. The lowest BCUT2D eigenvalue weighted by Crippen LogP contribution is -2.14. The number of thiazole rings is 1. The molecule has 0 aliphatic carbocycles. The Morgan fingerprint density at radius 2 is 1.85 bits per heavy atom. The van der Waals surface area contributed by atoms with Crippen molar-refractivity contribution in [3.05, 3.63) is 75.5 Å². The molecular weight excluding hydrogens is 376 g/mol. The molecule has 1 aromatic heterocycles. The lowest BCUT2D eigenvalue weighted by Gasteiger charge is -2.08. The molecule has 0 fully saturated rings. The average Bonchev–Trinajstić information content (AvgIpc) is 2.98. The van der Waals surface area contributed by atoms with Crippen LogP contribution in [0.5, 0.6) is 5.75 Å². The topological polar surface area (TPSA) is 83.7 Å². The van der Waals surface area contributed by atoms with Crippen LogP contribution in [0.3, 0.4) is 0 Å². The Kier molecular flexibility index (Phi) is 5.13. The van der Waals surface area contributed by atoms with Crippen LogP contribution >= 0.6 is 11.3 Å². The molecule has 0 aliphatic heterocycles. The molecule has 0 radical (unpaired) electrons. The molecule has 6 nitrogen and oxygen atoms in total. The Bertz CT molecular complexity index is 1080. The number of aromatic hydroxyl groups is 1. The third kappa shape index (κ3) is 4.26. The monoisotopic (exact) mass is 389 g/mol. The largest absolute Gasteiger partial charge is 0.507 e. The number of carbonyl (C=O) groups is 2. The number of phenols is 1. The first-order valence-electron chi connectivity index (χ1n) is 7.63. The summed E-state index contributed by atoms with van der Waals surface area (Å²) >= 11 is 1.27. The van der Waals surface area contributed by atoms with Gasteiger partial charge in [0.2, 0.25) is 0 Å². The molecule has 0 atom stereocenters. The first-order chi connectivity index (χ1) is 12.8. The maximum atomic E-state index is 13.2. The number of halogens is 2. The molecule has 3 rings (SSSR count). The minimum atomic E-state index is -0.882. The van der Waals surface area contributed by atoms with E-state index in [-0.39, 0.29) is 22.6 Å². The molecule has 2 N–H and O–H groups in total. The molecule has 9 heteroatoms. The van der Waals surface area contributed by atoms with Crippen molar-refractivity contribution in [3.63, 3.8) is 0 Å². The fourth-order valence-electron chi connectivity index (χ4n) is 2.26. The number of benzene rings is 2. The molecule has 0 bridgehead atoms. The second kappa shape index (κ2) is 7.50. The van der Waals surface area contributed by atoms with Gasteiger partial charge in [0.05, 0.1) is 5.56 Å². The molecule has 138 valence electrons. The predicted molar refractivity (Wildman–Crippen MR) is 95.6 cm³/mol. The van der Waals surface area contributed by atoms with E-state index >= 15 is 0 Å². The van der Waals surface area contributed by atoms with Crippen LogP contribution in [0.15, 0.2) is 53.0 Å². The number of nitrogens with one attached hydrogen (secondary N) is 1. The number of amides is 2. The predicted octanol–water partition coefficient (Wildman–Crippen LogP) is 3.06. The normalized spacial score (nSPS) is 11.4. The van der Waals surface area contributed by atoms with Gasteiger partial charge in [0.1, 0.15) is 17.4 Å². The van der Waals surface area contributed by atoms with Crippen LogP contribution in [0.2, 0.25) is 0 Å². The molecule has 0 spiro atoms. The van der Waals surface area contributed by atoms with E-state index in [1.54, 1.807) is 23.2 Å². The number of hydrogen-bond acceptors (Lipinski definition) is 4. The van der Waals surface area contributed by atoms with Gasteiger partial charge in [-0.25, -0.2) is 8.78 Å². The third-order valence-electron chi connectivity index (χ3n) is 3.57. The van der Waals surface area contributed by atoms with E-state index in [0.29, 0.717) is 10.9 Å². The second-order valence-corrected chi connectivity index (χ2v) is 6.43. The van der Waals surface area contributed by atoms with Gasteiger partial charge < -0.3 is 15.0 Å². The number of phenolic OH excluding ortho intramolecular Hbond substituents is 1. The smallest absolute Gasteiger partial charge is 0.283 e. The minimum Gasteiger partial charge on any atom is -0.507 e. The van der Waals surface area contributed by atoms with Crippen molar-refractivity contribution >= 4 is 28.8 Å². The maximum absolute atomic E-state index is 13.2. The standard InChI is InChI=1S/C18H13F2N3O3S/c1-23-4-5-27-18(23)22-17(26)14-3-2-13(9-15(14)24)21-16(25)10-6-11(19)8-12(20)7-10/h2-9,24H,1H3,(H,21,25). The lowest BCUT2D eigenvalue weighted by atomic mass is 10.1. The number of hydrogen-bond donors (Lipinski definition) is 2. The summed E-state index contributed by atoms with van der Waals surface area (Å²) in [5.74, 6) is -3.55. The van der Waals surface area contributed by atoms with Crippen LogP contribution in [0, 0.1) is 11.6 Å². The highest BCUT2D eigenvalue weighted by molar-refractivity contribution is 7.07. The Morgan fingerprint density at radius 1 is 1.15 bits per heavy atom. The number of aromatic nitrogens is 1. The van der Waals surface area contributed by atoms with Crippen molar-refractivity contribution < 1.29 is 23.5 Å². The first kappa shape index (κ1) is 18.5. The van der Waals surface area contributed by atoms with E-state index in [1.165, 1.54) is 23.5 Å². The fraction of sp³-hybridized carbons (Fsp3) is 0.0556. The molecule has 1 heterocycles. The summed E-state index contributed by atoms with van der Waals surface area (Å²) in [6.45, 7) is 0. The molecule has 0 saturated carbocycles. The molecule has 2 aromatic carbocycles. The number of nitrogens with zero attached hydrogens (tertiary/aromatic N) is 2. The Morgan fingerprint density at radius 3 is 2.44 bits per heavy atom. The van der Waals surface area contributed by atoms with Crippen molar-refractivity contribution in [2.45, 2.75) is 0 Å². The van der Waals surface area contributed by atoms with Crippen molar-refractivity contribution in [1.82, 2.24) is 4.57 Å². The third-order valence-corrected chi connectivity index (χ3v) is 4.42. The van der Waals surface area contributed by atoms with E-state index in [9.17, 15) is 23.5 Å². The molecule has 0 aliphatic rings. The van der Waals surface area contributed by atoms with Crippen molar-refractivity contribution in [1.29, 1.82) is 0 Å². The van der Waals surface area contributed by atoms with Crippen LogP contribution in [0.4, 0.5) is 14.5 Å². The summed E-state index contributed by atoms with van der Waals surface area (Å²) < 4.78 is 28.1. The number of carbonyl (C=O) groups excluding carboxylic acids is 2. The van der Waals surface area contributed by atoms with E-state index < -0.39 is 23.4 Å². The van der Waals surface area contributed by atoms with Crippen molar-refractivity contribution in [3.8, 4) is 5.75 Å². The van der Waals surface area contributed by atoms with Gasteiger partial charge in [0.15, 0.2) is 4.80 Å². The highest BCUT2D eigenvalue weighted by Crippen LogP contribution is 2.23. The van der Waals surface area contributed by atoms with Crippen LogP contribution in [0.25, 0.3) is 0 Å². The maximum Gasteiger partial charge on any atom is 0.283 e. The summed E-state index contributed by atoms with van der Waals surface area (Å²) in [6, 6.07) is 6.26. The van der Waals surface area contributed by atoms with E-state index in [0.717, 1.165) is 18.2 Å². The number of aryl methyl sites for hydroxylation is 1. The van der Waals surface area contributed by atoms with E-state index in [4.69, 9.17) is 0 Å². The molecule has 2 amide bonds. The molecule has 0 unspecified atom stereocenters. The molecule has 3 aromatic rings. The minimum absolute atomic E-state index is 0.0433. The average molecular weight is 389 g/mol. The van der Waals surface area contributed by atoms with E-state index in [2.05, 4.69) is 10.3 Å². The number of rotatable bonds is 3. The quantitative estimate of drug-likeness (QED) is 0.722.